The van der Waals surface area contributed by atoms with Crippen molar-refractivity contribution in [1.29, 1.82) is 0 Å². The van der Waals surface area contributed by atoms with E-state index in [1.165, 1.54) is 64.2 Å². The number of rotatable bonds is 8. The summed E-state index contributed by atoms with van der Waals surface area (Å²) in [5, 5.41) is 3.15. The largest absolute Gasteiger partial charge is 0.356 e. The quantitative estimate of drug-likeness (QED) is 0.432. The number of hydrogen-bond donors (Lipinski definition) is 1. The second kappa shape index (κ2) is 9.96. The van der Waals surface area contributed by atoms with Crippen LogP contribution in [0.3, 0.4) is 0 Å². The highest BCUT2D eigenvalue weighted by atomic mass is 16.1. The molecule has 0 aliphatic heterocycles. The lowest BCUT2D eigenvalue weighted by Gasteiger charge is -2.61. The Balaban J connectivity index is 1.32. The molecule has 8 atom stereocenters. The van der Waals surface area contributed by atoms with Gasteiger partial charge in [-0.3, -0.25) is 4.79 Å². The first kappa shape index (κ1) is 24.6. The van der Waals surface area contributed by atoms with Gasteiger partial charge in [0.1, 0.15) is 0 Å². The van der Waals surface area contributed by atoms with Crippen molar-refractivity contribution >= 4 is 5.91 Å². The number of hydrogen-bond acceptors (Lipinski definition) is 2. The van der Waals surface area contributed by atoms with Gasteiger partial charge in [-0.2, -0.15) is 0 Å². The zero-order chi connectivity index (χ0) is 22.9. The minimum absolute atomic E-state index is 0.266. The fraction of sp³-hybridized carbons (Fsp3) is 0.966. The van der Waals surface area contributed by atoms with Gasteiger partial charge >= 0.3 is 0 Å². The Kier molecular flexibility index (Phi) is 7.64. The number of fused-ring (bicyclic) bond motifs is 5. The molecule has 0 heterocycles. The van der Waals surface area contributed by atoms with Gasteiger partial charge in [0.05, 0.1) is 0 Å². The molecular formula is C29H52N2O. The molecule has 1 amide bonds. The van der Waals surface area contributed by atoms with Gasteiger partial charge in [-0.25, -0.2) is 0 Å². The molecule has 1 N–H and O–H groups in total. The first-order valence-corrected chi connectivity index (χ1v) is 14.2. The van der Waals surface area contributed by atoms with Crippen molar-refractivity contribution in [2.75, 3.05) is 27.2 Å². The summed E-state index contributed by atoms with van der Waals surface area (Å²) in [6.45, 7) is 9.68. The van der Waals surface area contributed by atoms with E-state index in [4.69, 9.17) is 0 Å². The van der Waals surface area contributed by atoms with Crippen molar-refractivity contribution in [3.8, 4) is 0 Å². The third kappa shape index (κ3) is 4.66. The molecule has 32 heavy (non-hydrogen) atoms. The van der Waals surface area contributed by atoms with Gasteiger partial charge < -0.3 is 10.2 Å². The van der Waals surface area contributed by atoms with Crippen LogP contribution in [0.5, 0.6) is 0 Å². The minimum atomic E-state index is 0.266. The monoisotopic (exact) mass is 444 g/mol. The predicted molar refractivity (Wildman–Crippen MR) is 134 cm³/mol. The zero-order valence-electron chi connectivity index (χ0n) is 21.9. The van der Waals surface area contributed by atoms with Crippen LogP contribution in [-0.4, -0.2) is 38.0 Å². The maximum atomic E-state index is 12.4. The Labute approximate surface area is 198 Å². The maximum absolute atomic E-state index is 12.4. The molecule has 4 aliphatic carbocycles. The molecule has 4 rings (SSSR count). The minimum Gasteiger partial charge on any atom is -0.356 e. The zero-order valence-corrected chi connectivity index (χ0v) is 21.9. The van der Waals surface area contributed by atoms with Gasteiger partial charge in [0.25, 0.3) is 0 Å². The first-order chi connectivity index (χ1) is 15.3. The van der Waals surface area contributed by atoms with Crippen molar-refractivity contribution in [2.45, 2.75) is 104 Å². The molecule has 3 heteroatoms. The second-order valence-electron chi connectivity index (χ2n) is 13.2. The van der Waals surface area contributed by atoms with Crippen LogP contribution in [0.4, 0.5) is 0 Å². The van der Waals surface area contributed by atoms with Gasteiger partial charge in [0.2, 0.25) is 5.91 Å². The first-order valence-electron chi connectivity index (χ1n) is 14.2. The Morgan fingerprint density at radius 2 is 1.75 bits per heavy atom. The van der Waals surface area contributed by atoms with Crippen LogP contribution in [0.1, 0.15) is 104 Å². The molecule has 0 spiro atoms. The van der Waals surface area contributed by atoms with Gasteiger partial charge in [0.15, 0.2) is 0 Å². The summed E-state index contributed by atoms with van der Waals surface area (Å²) < 4.78 is 0. The Morgan fingerprint density at radius 1 is 0.969 bits per heavy atom. The topological polar surface area (TPSA) is 32.3 Å². The average molecular weight is 445 g/mol. The van der Waals surface area contributed by atoms with Crippen LogP contribution in [-0.2, 0) is 4.79 Å². The molecule has 0 aromatic rings. The summed E-state index contributed by atoms with van der Waals surface area (Å²) in [4.78, 5) is 14.6. The molecule has 0 radical (unpaired) electrons. The van der Waals surface area contributed by atoms with Crippen LogP contribution in [0.2, 0.25) is 0 Å². The summed E-state index contributed by atoms with van der Waals surface area (Å²) in [7, 11) is 4.18. The highest BCUT2D eigenvalue weighted by molar-refractivity contribution is 5.75. The van der Waals surface area contributed by atoms with Gasteiger partial charge in [0, 0.05) is 13.0 Å². The summed E-state index contributed by atoms with van der Waals surface area (Å²) in [6, 6.07) is 0. The van der Waals surface area contributed by atoms with E-state index in [1.807, 2.05) is 0 Å². The molecule has 0 aromatic carbocycles. The van der Waals surface area contributed by atoms with E-state index in [2.05, 4.69) is 45.1 Å². The number of nitrogens with one attached hydrogen (secondary N) is 1. The van der Waals surface area contributed by atoms with Gasteiger partial charge in [-0.1, -0.05) is 33.6 Å². The van der Waals surface area contributed by atoms with Gasteiger partial charge in [-0.15, -0.1) is 0 Å². The molecule has 4 fully saturated rings. The predicted octanol–water partition coefficient (Wildman–Crippen LogP) is 6.52. The van der Waals surface area contributed by atoms with Crippen molar-refractivity contribution < 1.29 is 4.79 Å². The van der Waals surface area contributed by atoms with E-state index in [-0.39, 0.29) is 5.91 Å². The number of carbonyl (C=O) groups is 1. The Morgan fingerprint density at radius 3 is 2.53 bits per heavy atom. The highest BCUT2D eigenvalue weighted by Crippen LogP contribution is 2.68. The highest BCUT2D eigenvalue weighted by Gasteiger charge is 2.60. The third-order valence-corrected chi connectivity index (χ3v) is 11.3. The van der Waals surface area contributed by atoms with E-state index >= 15 is 0 Å². The SMILES string of the molecule is C[C@H](CCC(=O)NCCCN(C)C)[C@H]1CCC2C3CCC4CCCC[C@]4(C)C3CC[C@@]21C. The Hall–Kier alpha value is -0.570. The van der Waals surface area contributed by atoms with E-state index < -0.39 is 0 Å². The van der Waals surface area contributed by atoms with Crippen molar-refractivity contribution in [1.82, 2.24) is 10.2 Å². The third-order valence-electron chi connectivity index (χ3n) is 11.3. The summed E-state index contributed by atoms with van der Waals surface area (Å²) >= 11 is 0. The molecule has 4 saturated carbocycles. The van der Waals surface area contributed by atoms with Crippen LogP contribution in [0.15, 0.2) is 0 Å². The fourth-order valence-corrected chi connectivity index (χ4v) is 9.54. The molecule has 0 bridgehead atoms. The number of nitrogens with zero attached hydrogens (tertiary/aromatic N) is 1. The summed E-state index contributed by atoms with van der Waals surface area (Å²) in [5.41, 5.74) is 1.18. The molecule has 184 valence electrons. The molecular weight excluding hydrogens is 392 g/mol. The smallest absolute Gasteiger partial charge is 0.220 e. The van der Waals surface area contributed by atoms with Crippen molar-refractivity contribution in [2.24, 2.45) is 46.3 Å². The van der Waals surface area contributed by atoms with E-state index in [0.717, 1.165) is 55.5 Å². The average Bonchev–Trinajstić information content (AvgIpc) is 3.12. The summed E-state index contributed by atoms with van der Waals surface area (Å²) in [5.74, 6) is 5.74. The van der Waals surface area contributed by atoms with E-state index in [0.29, 0.717) is 23.2 Å². The van der Waals surface area contributed by atoms with E-state index in [9.17, 15) is 4.79 Å². The van der Waals surface area contributed by atoms with Crippen molar-refractivity contribution in [3.63, 3.8) is 0 Å². The van der Waals surface area contributed by atoms with Crippen LogP contribution < -0.4 is 5.32 Å². The molecule has 3 nitrogen and oxygen atoms in total. The lowest BCUT2D eigenvalue weighted by atomic mass is 9.44. The summed E-state index contributed by atoms with van der Waals surface area (Å²) in [6.07, 6.45) is 17.7. The van der Waals surface area contributed by atoms with E-state index in [1.54, 1.807) is 0 Å². The Bertz CT molecular complexity index is 647. The van der Waals surface area contributed by atoms with Crippen LogP contribution >= 0.6 is 0 Å². The standard InChI is InChI=1S/C29H52N2O/c1-21(10-15-27(32)30-19-8-20-31(4)5)24-13-14-25-23-12-11-22-9-6-7-17-28(22,2)26(23)16-18-29(24,25)3/h21-26H,6-20H2,1-5H3,(H,30,32)/t21-,22?,23?,24-,25?,26?,28+,29-/m1/s1. The molecule has 0 aromatic heterocycles. The van der Waals surface area contributed by atoms with Gasteiger partial charge in [-0.05, 0) is 131 Å². The van der Waals surface area contributed by atoms with Crippen molar-refractivity contribution in [3.05, 3.63) is 0 Å². The molecule has 4 unspecified atom stereocenters. The lowest BCUT2D eigenvalue weighted by molar-refractivity contribution is -0.122. The number of carbonyl (C=O) groups excluding carboxylic acids is 1. The second-order valence-corrected chi connectivity index (χ2v) is 13.2. The fourth-order valence-electron chi connectivity index (χ4n) is 9.54. The maximum Gasteiger partial charge on any atom is 0.220 e. The normalized spacial score (nSPS) is 42.1. The molecule has 0 saturated heterocycles. The lowest BCUT2D eigenvalue weighted by Crippen LogP contribution is -2.53. The molecule has 4 aliphatic rings. The van der Waals surface area contributed by atoms with Crippen LogP contribution in [0.25, 0.3) is 0 Å². The number of amides is 1. The van der Waals surface area contributed by atoms with Crippen LogP contribution in [0, 0.1) is 46.3 Å².